The molecule has 0 aliphatic rings. The third-order valence-corrected chi connectivity index (χ3v) is 3.53. The molecule has 0 saturated carbocycles. The van der Waals surface area contributed by atoms with Crippen molar-refractivity contribution in [3.05, 3.63) is 52.4 Å². The van der Waals surface area contributed by atoms with E-state index in [1.165, 1.54) is 11.8 Å². The van der Waals surface area contributed by atoms with Crippen molar-refractivity contribution < 1.29 is 4.39 Å². The molecule has 1 heterocycles. The molecule has 18 heavy (non-hydrogen) atoms. The Kier molecular flexibility index (Phi) is 3.85. The fourth-order valence-electron chi connectivity index (χ4n) is 1.32. The molecule has 0 atom stereocenters. The van der Waals surface area contributed by atoms with Gasteiger partial charge in [0.1, 0.15) is 16.2 Å². The maximum atomic E-state index is 13.7. The fourth-order valence-corrected chi connectivity index (χ4v) is 2.34. The first-order chi connectivity index (χ1) is 8.60. The molecule has 0 bridgehead atoms. The molecule has 0 radical (unpaired) electrons. The van der Waals surface area contributed by atoms with Crippen LogP contribution in [-0.4, -0.2) is 4.98 Å². The molecule has 2 aromatic rings. The number of hydrogen-bond donors (Lipinski definition) is 0. The van der Waals surface area contributed by atoms with Crippen LogP contribution in [-0.2, 0) is 0 Å². The van der Waals surface area contributed by atoms with Gasteiger partial charge in [-0.25, -0.2) is 9.37 Å². The summed E-state index contributed by atoms with van der Waals surface area (Å²) in [5.74, 6) is -0.540. The van der Waals surface area contributed by atoms with E-state index in [1.54, 1.807) is 6.07 Å². The summed E-state index contributed by atoms with van der Waals surface area (Å²) in [4.78, 5) is 4.76. The molecule has 0 aliphatic heterocycles. The number of nitriles is 1. The molecule has 1 aromatic heterocycles. The minimum atomic E-state index is -0.540. The van der Waals surface area contributed by atoms with Crippen molar-refractivity contribution >= 4 is 23.4 Å². The van der Waals surface area contributed by atoms with E-state index < -0.39 is 5.82 Å². The minimum Gasteiger partial charge on any atom is -0.225 e. The van der Waals surface area contributed by atoms with E-state index in [-0.39, 0.29) is 15.7 Å². The topological polar surface area (TPSA) is 36.7 Å². The predicted molar refractivity (Wildman–Crippen MR) is 69.2 cm³/mol. The van der Waals surface area contributed by atoms with Gasteiger partial charge in [-0.1, -0.05) is 41.1 Å². The van der Waals surface area contributed by atoms with Gasteiger partial charge in [-0.3, -0.25) is 0 Å². The number of hydrogen-bond acceptors (Lipinski definition) is 3. The number of rotatable bonds is 2. The first kappa shape index (κ1) is 12.9. The van der Waals surface area contributed by atoms with Crippen LogP contribution in [0.25, 0.3) is 0 Å². The van der Waals surface area contributed by atoms with Gasteiger partial charge >= 0.3 is 0 Å². The summed E-state index contributed by atoms with van der Waals surface area (Å²) in [5.41, 5.74) is 1.17. The van der Waals surface area contributed by atoms with Gasteiger partial charge in [-0.05, 0) is 25.1 Å². The molecule has 0 amide bonds. The lowest BCUT2D eigenvalue weighted by atomic mass is 10.2. The van der Waals surface area contributed by atoms with E-state index in [2.05, 4.69) is 4.98 Å². The fraction of sp³-hybridized carbons (Fsp3) is 0.0769. The summed E-state index contributed by atoms with van der Waals surface area (Å²) in [6.07, 6.45) is 0. The van der Waals surface area contributed by atoms with E-state index in [9.17, 15) is 4.39 Å². The van der Waals surface area contributed by atoms with Crippen molar-refractivity contribution in [1.82, 2.24) is 4.98 Å². The Labute approximate surface area is 113 Å². The Morgan fingerprint density at radius 3 is 2.61 bits per heavy atom. The van der Waals surface area contributed by atoms with Gasteiger partial charge < -0.3 is 0 Å². The summed E-state index contributed by atoms with van der Waals surface area (Å²) in [7, 11) is 0. The summed E-state index contributed by atoms with van der Waals surface area (Å²) in [6.45, 7) is 1.98. The average Bonchev–Trinajstić information content (AvgIpc) is 2.36. The predicted octanol–water partition coefficient (Wildman–Crippen LogP) is 4.21. The van der Waals surface area contributed by atoms with Gasteiger partial charge in [0.05, 0.1) is 5.56 Å². The van der Waals surface area contributed by atoms with Crippen molar-refractivity contribution in [3.8, 4) is 6.07 Å². The van der Waals surface area contributed by atoms with Crippen LogP contribution in [0.1, 0.15) is 11.1 Å². The minimum absolute atomic E-state index is 0.0218. The Hall–Kier alpha value is -1.57. The maximum Gasteiger partial charge on any atom is 0.157 e. The van der Waals surface area contributed by atoms with Crippen molar-refractivity contribution in [3.63, 3.8) is 0 Å². The third-order valence-electron chi connectivity index (χ3n) is 2.25. The zero-order valence-electron chi connectivity index (χ0n) is 9.45. The summed E-state index contributed by atoms with van der Waals surface area (Å²) >= 11 is 6.96. The second-order valence-corrected chi connectivity index (χ2v) is 5.06. The highest BCUT2D eigenvalue weighted by Gasteiger charge is 2.11. The average molecular weight is 279 g/mol. The van der Waals surface area contributed by atoms with Gasteiger partial charge in [0, 0.05) is 4.90 Å². The van der Waals surface area contributed by atoms with E-state index in [4.69, 9.17) is 16.9 Å². The first-order valence-electron chi connectivity index (χ1n) is 5.11. The Morgan fingerprint density at radius 1 is 1.33 bits per heavy atom. The molecule has 0 saturated heterocycles. The van der Waals surface area contributed by atoms with Crippen LogP contribution in [0.15, 0.2) is 40.3 Å². The summed E-state index contributed by atoms with van der Waals surface area (Å²) in [6, 6.07) is 10.5. The largest absolute Gasteiger partial charge is 0.225 e. The Morgan fingerprint density at radius 2 is 2.00 bits per heavy atom. The van der Waals surface area contributed by atoms with Gasteiger partial charge in [0.25, 0.3) is 0 Å². The van der Waals surface area contributed by atoms with Crippen molar-refractivity contribution in [2.24, 2.45) is 0 Å². The highest BCUT2D eigenvalue weighted by Crippen LogP contribution is 2.30. The van der Waals surface area contributed by atoms with Crippen LogP contribution in [0.5, 0.6) is 0 Å². The highest BCUT2D eigenvalue weighted by atomic mass is 35.5. The second kappa shape index (κ2) is 5.38. The van der Waals surface area contributed by atoms with Crippen molar-refractivity contribution in [2.75, 3.05) is 0 Å². The molecule has 2 rings (SSSR count). The molecule has 1 aromatic carbocycles. The molecular formula is C13H8ClFN2S. The number of pyridine rings is 1. The van der Waals surface area contributed by atoms with Crippen LogP contribution < -0.4 is 0 Å². The maximum absolute atomic E-state index is 13.7. The lowest BCUT2D eigenvalue weighted by Gasteiger charge is -2.04. The zero-order valence-corrected chi connectivity index (χ0v) is 11.0. The highest BCUT2D eigenvalue weighted by molar-refractivity contribution is 7.99. The van der Waals surface area contributed by atoms with E-state index in [0.29, 0.717) is 0 Å². The monoisotopic (exact) mass is 278 g/mol. The molecule has 0 spiro atoms. The van der Waals surface area contributed by atoms with Crippen LogP contribution in [0.2, 0.25) is 5.15 Å². The molecule has 0 N–H and O–H groups in total. The lowest BCUT2D eigenvalue weighted by Crippen LogP contribution is -1.91. The number of aryl methyl sites for hydroxylation is 1. The molecule has 0 unspecified atom stereocenters. The van der Waals surface area contributed by atoms with E-state index in [1.807, 2.05) is 31.2 Å². The van der Waals surface area contributed by atoms with Gasteiger partial charge in [-0.2, -0.15) is 5.26 Å². The molecule has 2 nitrogen and oxygen atoms in total. The number of aromatic nitrogens is 1. The zero-order chi connectivity index (χ0) is 13.1. The van der Waals surface area contributed by atoms with Crippen LogP contribution >= 0.6 is 23.4 Å². The molecule has 0 aliphatic carbocycles. The third kappa shape index (κ3) is 2.81. The summed E-state index contributed by atoms with van der Waals surface area (Å²) < 4.78 is 13.7. The van der Waals surface area contributed by atoms with Gasteiger partial charge in [0.2, 0.25) is 0 Å². The molecule has 90 valence electrons. The second-order valence-electron chi connectivity index (χ2n) is 3.64. The van der Waals surface area contributed by atoms with Gasteiger partial charge in [0.15, 0.2) is 5.82 Å². The SMILES string of the molecule is Cc1ccc(Sc2nc(Cl)c(C#N)cc2F)cc1. The molecule has 0 fully saturated rings. The molecular weight excluding hydrogens is 271 g/mol. The number of nitrogens with zero attached hydrogens (tertiary/aromatic N) is 2. The van der Waals surface area contributed by atoms with Crippen molar-refractivity contribution in [1.29, 1.82) is 5.26 Å². The van der Waals surface area contributed by atoms with Crippen LogP contribution in [0.4, 0.5) is 4.39 Å². The lowest BCUT2D eigenvalue weighted by molar-refractivity contribution is 0.587. The quantitative estimate of drug-likeness (QED) is 0.772. The Bertz CT molecular complexity index is 620. The van der Waals surface area contributed by atoms with Crippen molar-refractivity contribution in [2.45, 2.75) is 16.8 Å². The normalized spacial score (nSPS) is 10.1. The smallest absolute Gasteiger partial charge is 0.157 e. The van der Waals surface area contributed by atoms with Gasteiger partial charge in [-0.15, -0.1) is 0 Å². The molecule has 5 heteroatoms. The summed E-state index contributed by atoms with van der Waals surface area (Å²) in [5, 5.41) is 8.90. The van der Waals surface area contributed by atoms with E-state index in [0.717, 1.165) is 16.5 Å². The standard InChI is InChI=1S/C13H8ClFN2S/c1-8-2-4-10(5-3-8)18-13-11(15)6-9(7-16)12(14)17-13/h2-6H,1H3. The van der Waals surface area contributed by atoms with Crippen LogP contribution in [0.3, 0.4) is 0 Å². The Balaban J connectivity index is 2.32. The van der Waals surface area contributed by atoms with E-state index >= 15 is 0 Å². The number of halogens is 2. The van der Waals surface area contributed by atoms with Crippen LogP contribution in [0, 0.1) is 24.1 Å². The number of benzene rings is 1. The first-order valence-corrected chi connectivity index (χ1v) is 6.30.